The lowest BCUT2D eigenvalue weighted by atomic mass is 10.3. The van der Waals surface area contributed by atoms with Gasteiger partial charge in [0.2, 0.25) is 12.3 Å². The largest absolute Gasteiger partial charge is 0.355 e. The van der Waals surface area contributed by atoms with Crippen LogP contribution < -0.4 is 10.6 Å². The molecule has 6 nitrogen and oxygen atoms in total. The molecule has 0 fully saturated rings. The molecule has 1 heterocycles. The Balaban J connectivity index is 2.02. The number of hydrogen-bond donors (Lipinski definition) is 2. The van der Waals surface area contributed by atoms with Gasteiger partial charge in [-0.25, -0.2) is 0 Å². The third-order valence-corrected chi connectivity index (χ3v) is 1.83. The van der Waals surface area contributed by atoms with E-state index in [1.807, 2.05) is 0 Å². The quantitative estimate of drug-likeness (QED) is 0.625. The van der Waals surface area contributed by atoms with E-state index >= 15 is 0 Å². The zero-order valence-corrected chi connectivity index (χ0v) is 8.82. The number of hydrogen-bond acceptors (Lipinski definition) is 5. The minimum atomic E-state index is -0.00746. The molecule has 0 aliphatic heterocycles. The molecule has 84 valence electrons. The number of nitrogens with zero attached hydrogens (tertiary/aromatic N) is 2. The molecule has 0 aliphatic rings. The average Bonchev–Trinajstić information content (AvgIpc) is 2.71. The zero-order chi connectivity index (χ0) is 10.9. The van der Waals surface area contributed by atoms with Crippen LogP contribution in [0, 0.1) is 0 Å². The van der Waals surface area contributed by atoms with Crippen molar-refractivity contribution >= 4 is 5.91 Å². The monoisotopic (exact) mass is 212 g/mol. The van der Waals surface area contributed by atoms with Gasteiger partial charge in [-0.05, 0) is 6.42 Å². The van der Waals surface area contributed by atoms with Gasteiger partial charge in [0, 0.05) is 6.54 Å². The van der Waals surface area contributed by atoms with Gasteiger partial charge in [0.25, 0.3) is 0 Å². The van der Waals surface area contributed by atoms with E-state index in [9.17, 15) is 4.79 Å². The summed E-state index contributed by atoms with van der Waals surface area (Å²) < 4.78 is 4.55. The van der Waals surface area contributed by atoms with Crippen LogP contribution in [0.3, 0.4) is 0 Å². The molecule has 0 unspecified atom stereocenters. The van der Waals surface area contributed by atoms with Crippen LogP contribution >= 0.6 is 0 Å². The van der Waals surface area contributed by atoms with Gasteiger partial charge in [0.05, 0.1) is 13.1 Å². The highest BCUT2D eigenvalue weighted by molar-refractivity contribution is 5.77. The number of aromatic nitrogens is 2. The Morgan fingerprint density at radius 1 is 1.60 bits per heavy atom. The molecule has 1 amide bonds. The van der Waals surface area contributed by atoms with Gasteiger partial charge >= 0.3 is 0 Å². The summed E-state index contributed by atoms with van der Waals surface area (Å²) in [6.07, 6.45) is 3.35. The predicted octanol–water partition coefficient (Wildman–Crippen LogP) is 0.0755. The highest BCUT2D eigenvalue weighted by atomic mass is 16.5. The second-order valence-electron chi connectivity index (χ2n) is 3.15. The summed E-state index contributed by atoms with van der Waals surface area (Å²) >= 11 is 0. The van der Waals surface area contributed by atoms with Gasteiger partial charge in [-0.3, -0.25) is 4.79 Å². The number of carbonyl (C=O) groups excluding carboxylic acids is 1. The molecule has 0 radical (unpaired) electrons. The maximum Gasteiger partial charge on any atom is 0.233 e. The molecule has 0 atom stereocenters. The van der Waals surface area contributed by atoms with Gasteiger partial charge in [-0.15, -0.1) is 0 Å². The molecule has 0 saturated carbocycles. The fourth-order valence-electron chi connectivity index (χ4n) is 1.03. The molecule has 0 aromatic carbocycles. The van der Waals surface area contributed by atoms with E-state index in [0.717, 1.165) is 19.4 Å². The maximum absolute atomic E-state index is 11.2. The number of unbranched alkanes of at least 4 members (excludes halogenated alkanes) is 1. The number of carbonyl (C=O) groups is 1. The molecule has 0 aliphatic carbocycles. The third kappa shape index (κ3) is 5.11. The number of amides is 1. The molecular formula is C9H16N4O2. The summed E-state index contributed by atoms with van der Waals surface area (Å²) in [6.45, 7) is 3.54. The topological polar surface area (TPSA) is 80.0 Å². The first-order chi connectivity index (χ1) is 7.33. The van der Waals surface area contributed by atoms with Crippen LogP contribution in [0.2, 0.25) is 0 Å². The van der Waals surface area contributed by atoms with Crippen molar-refractivity contribution in [2.45, 2.75) is 26.3 Å². The van der Waals surface area contributed by atoms with Gasteiger partial charge in [0.15, 0.2) is 5.82 Å². The van der Waals surface area contributed by atoms with Crippen molar-refractivity contribution in [1.82, 2.24) is 20.8 Å². The first kappa shape index (κ1) is 11.6. The van der Waals surface area contributed by atoms with Gasteiger partial charge in [-0.2, -0.15) is 4.98 Å². The Bertz CT molecular complexity index is 274. The summed E-state index contributed by atoms with van der Waals surface area (Å²) in [4.78, 5) is 15.0. The fraction of sp³-hybridized carbons (Fsp3) is 0.667. The normalized spacial score (nSPS) is 10.2. The Kier molecular flexibility index (Phi) is 5.39. The zero-order valence-electron chi connectivity index (χ0n) is 8.82. The first-order valence-corrected chi connectivity index (χ1v) is 5.05. The SMILES string of the molecule is CCCCNC(=O)CNCc1ncon1. The van der Waals surface area contributed by atoms with E-state index in [1.54, 1.807) is 0 Å². The van der Waals surface area contributed by atoms with Gasteiger partial charge in [-0.1, -0.05) is 18.5 Å². The van der Waals surface area contributed by atoms with Crippen molar-refractivity contribution in [2.75, 3.05) is 13.1 Å². The van der Waals surface area contributed by atoms with Gasteiger partial charge in [0.1, 0.15) is 0 Å². The van der Waals surface area contributed by atoms with E-state index in [-0.39, 0.29) is 12.5 Å². The standard InChI is InChI=1S/C9H16N4O2/c1-2-3-4-11-9(14)6-10-5-8-12-7-15-13-8/h7,10H,2-6H2,1H3,(H,11,14). The highest BCUT2D eigenvalue weighted by Crippen LogP contribution is 1.86. The molecular weight excluding hydrogens is 196 g/mol. The Hall–Kier alpha value is -1.43. The van der Waals surface area contributed by atoms with Crippen molar-refractivity contribution in [1.29, 1.82) is 0 Å². The summed E-state index contributed by atoms with van der Waals surface area (Å²) in [6, 6.07) is 0. The fourth-order valence-corrected chi connectivity index (χ4v) is 1.03. The van der Waals surface area contributed by atoms with Crippen LogP contribution in [-0.4, -0.2) is 29.1 Å². The predicted molar refractivity (Wildman–Crippen MR) is 53.9 cm³/mol. The van der Waals surface area contributed by atoms with E-state index in [2.05, 4.69) is 32.2 Å². The molecule has 1 rings (SSSR count). The summed E-state index contributed by atoms with van der Waals surface area (Å²) in [5.74, 6) is 0.545. The van der Waals surface area contributed by atoms with E-state index in [1.165, 1.54) is 6.39 Å². The lowest BCUT2D eigenvalue weighted by Gasteiger charge is -2.04. The molecule has 15 heavy (non-hydrogen) atoms. The van der Waals surface area contributed by atoms with Crippen LogP contribution in [0.5, 0.6) is 0 Å². The van der Waals surface area contributed by atoms with Crippen molar-refractivity contribution in [2.24, 2.45) is 0 Å². The molecule has 0 saturated heterocycles. The second-order valence-corrected chi connectivity index (χ2v) is 3.15. The highest BCUT2D eigenvalue weighted by Gasteiger charge is 2.01. The number of rotatable bonds is 7. The minimum Gasteiger partial charge on any atom is -0.355 e. The lowest BCUT2D eigenvalue weighted by molar-refractivity contribution is -0.120. The van der Waals surface area contributed by atoms with Crippen LogP contribution in [0.15, 0.2) is 10.9 Å². The van der Waals surface area contributed by atoms with Crippen molar-refractivity contribution in [3.63, 3.8) is 0 Å². The van der Waals surface area contributed by atoms with E-state index in [0.29, 0.717) is 12.4 Å². The minimum absolute atomic E-state index is 0.00746. The average molecular weight is 212 g/mol. The maximum atomic E-state index is 11.2. The van der Waals surface area contributed by atoms with Gasteiger partial charge < -0.3 is 15.2 Å². The molecule has 6 heteroatoms. The van der Waals surface area contributed by atoms with Crippen molar-refractivity contribution < 1.29 is 9.32 Å². The molecule has 0 spiro atoms. The Labute approximate surface area is 88.4 Å². The van der Waals surface area contributed by atoms with E-state index in [4.69, 9.17) is 0 Å². The smallest absolute Gasteiger partial charge is 0.233 e. The summed E-state index contributed by atoms with van der Waals surface area (Å²) in [5.41, 5.74) is 0. The van der Waals surface area contributed by atoms with Crippen molar-refractivity contribution in [3.05, 3.63) is 12.2 Å². The van der Waals surface area contributed by atoms with E-state index < -0.39 is 0 Å². The molecule has 0 bridgehead atoms. The van der Waals surface area contributed by atoms with Crippen LogP contribution in [0.1, 0.15) is 25.6 Å². The molecule has 1 aromatic heterocycles. The third-order valence-electron chi connectivity index (χ3n) is 1.83. The summed E-state index contributed by atoms with van der Waals surface area (Å²) in [5, 5.41) is 9.32. The lowest BCUT2D eigenvalue weighted by Crippen LogP contribution is -2.34. The van der Waals surface area contributed by atoms with Crippen LogP contribution in [-0.2, 0) is 11.3 Å². The summed E-state index contributed by atoms with van der Waals surface area (Å²) in [7, 11) is 0. The number of nitrogens with one attached hydrogen (secondary N) is 2. The van der Waals surface area contributed by atoms with Crippen molar-refractivity contribution in [3.8, 4) is 0 Å². The van der Waals surface area contributed by atoms with Crippen LogP contribution in [0.25, 0.3) is 0 Å². The molecule has 2 N–H and O–H groups in total. The first-order valence-electron chi connectivity index (χ1n) is 5.05. The Morgan fingerprint density at radius 2 is 2.47 bits per heavy atom. The van der Waals surface area contributed by atoms with Crippen LogP contribution in [0.4, 0.5) is 0 Å². The Morgan fingerprint density at radius 3 is 3.13 bits per heavy atom. The second kappa shape index (κ2) is 6.94. The molecule has 1 aromatic rings.